The molecule has 1 saturated heterocycles. The van der Waals surface area contributed by atoms with Crippen LogP contribution in [-0.4, -0.2) is 36.6 Å². The lowest BCUT2D eigenvalue weighted by atomic mass is 10.0. The van der Waals surface area contributed by atoms with Crippen molar-refractivity contribution in [1.29, 1.82) is 0 Å². The van der Waals surface area contributed by atoms with Gasteiger partial charge in [-0.15, -0.1) is 0 Å². The number of aromatic nitrogens is 1. The molecule has 0 radical (unpaired) electrons. The third-order valence-corrected chi connectivity index (χ3v) is 5.88. The van der Waals surface area contributed by atoms with E-state index in [2.05, 4.69) is 29.4 Å². The van der Waals surface area contributed by atoms with E-state index >= 15 is 0 Å². The summed E-state index contributed by atoms with van der Waals surface area (Å²) in [5, 5.41) is 1.25. The summed E-state index contributed by atoms with van der Waals surface area (Å²) in [5.74, 6) is 1.78. The molecule has 0 spiro atoms. The molecule has 0 aliphatic carbocycles. The van der Waals surface area contributed by atoms with Crippen LogP contribution in [0.2, 0.25) is 0 Å². The van der Waals surface area contributed by atoms with Crippen LogP contribution in [-0.2, 0) is 11.2 Å². The first-order chi connectivity index (χ1) is 14.2. The molecule has 0 bridgehead atoms. The average Bonchev–Trinajstić information content (AvgIpc) is 3.41. The monoisotopic (exact) mass is 392 g/mol. The highest BCUT2D eigenvalue weighted by atomic mass is 16.5. The average molecular weight is 392 g/mol. The van der Waals surface area contributed by atoms with Gasteiger partial charge in [0.2, 0.25) is 5.91 Å². The lowest BCUT2D eigenvalue weighted by Gasteiger charge is -2.26. The van der Waals surface area contributed by atoms with Crippen molar-refractivity contribution in [3.63, 3.8) is 0 Å². The van der Waals surface area contributed by atoms with Crippen LogP contribution in [0.1, 0.15) is 42.9 Å². The number of aryl methyl sites for hydroxylation is 1. The third kappa shape index (κ3) is 3.95. The van der Waals surface area contributed by atoms with Crippen molar-refractivity contribution in [2.75, 3.05) is 20.8 Å². The normalized spacial score (nSPS) is 16.3. The topological polar surface area (TPSA) is 54.6 Å². The molecule has 2 aromatic carbocycles. The quantitative estimate of drug-likeness (QED) is 0.624. The Labute approximate surface area is 171 Å². The molecule has 1 aliphatic heterocycles. The number of amides is 1. The summed E-state index contributed by atoms with van der Waals surface area (Å²) in [6.45, 7) is 0.811. The number of hydrogen-bond donors (Lipinski definition) is 1. The van der Waals surface area contributed by atoms with Gasteiger partial charge in [-0.3, -0.25) is 4.79 Å². The number of nitrogens with one attached hydrogen (secondary N) is 1. The molecule has 3 aromatic rings. The van der Waals surface area contributed by atoms with Gasteiger partial charge in [-0.1, -0.05) is 18.2 Å². The van der Waals surface area contributed by atoms with Crippen molar-refractivity contribution in [3.8, 4) is 11.5 Å². The van der Waals surface area contributed by atoms with Crippen LogP contribution in [0.5, 0.6) is 11.5 Å². The number of para-hydroxylation sites is 1. The third-order valence-electron chi connectivity index (χ3n) is 5.88. The Morgan fingerprint density at radius 2 is 2.03 bits per heavy atom. The standard InChI is InChI=1S/C24H28N2O3/c1-28-18-12-13-20(23(15-18)29-2)22-10-6-14-26(22)24(27)11-5-7-17-16-25-21-9-4-3-8-19(17)21/h3-4,8-9,12-13,15-16,22,25H,5-7,10-11,14H2,1-2H3/t22-/m1/s1. The van der Waals surface area contributed by atoms with Crippen LogP contribution in [0.15, 0.2) is 48.7 Å². The van der Waals surface area contributed by atoms with Crippen LogP contribution < -0.4 is 9.47 Å². The second-order valence-electron chi connectivity index (χ2n) is 7.57. The van der Waals surface area contributed by atoms with Gasteiger partial charge in [-0.25, -0.2) is 0 Å². The van der Waals surface area contributed by atoms with Crippen molar-refractivity contribution < 1.29 is 14.3 Å². The van der Waals surface area contributed by atoms with Gasteiger partial charge < -0.3 is 19.4 Å². The van der Waals surface area contributed by atoms with Gasteiger partial charge in [0.25, 0.3) is 0 Å². The molecule has 4 rings (SSSR count). The second-order valence-corrected chi connectivity index (χ2v) is 7.57. The summed E-state index contributed by atoms with van der Waals surface area (Å²) in [6.07, 6.45) is 6.37. The Kier molecular flexibility index (Phi) is 5.74. The SMILES string of the molecule is COc1ccc([C@H]2CCCN2C(=O)CCCc2c[nH]c3ccccc23)c(OC)c1. The van der Waals surface area contributed by atoms with Crippen molar-refractivity contribution in [2.24, 2.45) is 0 Å². The van der Waals surface area contributed by atoms with Gasteiger partial charge in [0.05, 0.1) is 20.3 Å². The molecule has 1 fully saturated rings. The van der Waals surface area contributed by atoms with E-state index in [1.165, 1.54) is 10.9 Å². The Morgan fingerprint density at radius 1 is 1.17 bits per heavy atom. The van der Waals surface area contributed by atoms with Gasteiger partial charge >= 0.3 is 0 Å². The first kappa shape index (κ1) is 19.4. The number of rotatable bonds is 7. The fourth-order valence-corrected chi connectivity index (χ4v) is 4.39. The van der Waals surface area contributed by atoms with E-state index in [-0.39, 0.29) is 11.9 Å². The Balaban J connectivity index is 1.41. The predicted octanol–water partition coefficient (Wildman–Crippen LogP) is 4.87. The number of carbonyl (C=O) groups excluding carboxylic acids is 1. The van der Waals surface area contributed by atoms with E-state index in [1.54, 1.807) is 14.2 Å². The number of methoxy groups -OCH3 is 2. The summed E-state index contributed by atoms with van der Waals surface area (Å²) >= 11 is 0. The van der Waals surface area contributed by atoms with Gasteiger partial charge in [0, 0.05) is 41.7 Å². The molecular formula is C24H28N2O3. The number of hydrogen-bond acceptors (Lipinski definition) is 3. The minimum absolute atomic E-state index is 0.0800. The highest BCUT2D eigenvalue weighted by Gasteiger charge is 2.31. The van der Waals surface area contributed by atoms with E-state index in [9.17, 15) is 4.79 Å². The highest BCUT2D eigenvalue weighted by Crippen LogP contribution is 2.39. The van der Waals surface area contributed by atoms with Crippen LogP contribution in [0.25, 0.3) is 10.9 Å². The minimum Gasteiger partial charge on any atom is -0.497 e. The maximum Gasteiger partial charge on any atom is 0.223 e. The lowest BCUT2D eigenvalue weighted by Crippen LogP contribution is -2.30. The van der Waals surface area contributed by atoms with Gasteiger partial charge in [0.15, 0.2) is 0 Å². The maximum absolute atomic E-state index is 13.0. The summed E-state index contributed by atoms with van der Waals surface area (Å²) in [7, 11) is 3.31. The Hall–Kier alpha value is -2.95. The molecule has 0 unspecified atom stereocenters. The zero-order valence-electron chi connectivity index (χ0n) is 17.1. The van der Waals surface area contributed by atoms with E-state index in [4.69, 9.17) is 9.47 Å². The molecule has 1 aromatic heterocycles. The summed E-state index contributed by atoms with van der Waals surface area (Å²) < 4.78 is 10.9. The van der Waals surface area contributed by atoms with Gasteiger partial charge in [-0.2, -0.15) is 0 Å². The first-order valence-electron chi connectivity index (χ1n) is 10.3. The summed E-state index contributed by atoms with van der Waals surface area (Å²) in [6, 6.07) is 14.3. The largest absolute Gasteiger partial charge is 0.497 e. The van der Waals surface area contributed by atoms with Crippen molar-refractivity contribution in [2.45, 2.75) is 38.1 Å². The van der Waals surface area contributed by atoms with Crippen molar-refractivity contribution in [3.05, 3.63) is 59.8 Å². The molecule has 1 aliphatic rings. The number of benzene rings is 2. The highest BCUT2D eigenvalue weighted by molar-refractivity contribution is 5.83. The van der Waals surface area contributed by atoms with Crippen LogP contribution in [0.4, 0.5) is 0 Å². The van der Waals surface area contributed by atoms with Crippen LogP contribution >= 0.6 is 0 Å². The van der Waals surface area contributed by atoms with E-state index in [0.717, 1.165) is 54.8 Å². The molecular weight excluding hydrogens is 364 g/mol. The molecule has 29 heavy (non-hydrogen) atoms. The fourth-order valence-electron chi connectivity index (χ4n) is 4.39. The van der Waals surface area contributed by atoms with Crippen LogP contribution in [0.3, 0.4) is 0 Å². The van der Waals surface area contributed by atoms with E-state index < -0.39 is 0 Å². The van der Waals surface area contributed by atoms with E-state index in [1.807, 2.05) is 29.2 Å². The molecule has 0 saturated carbocycles. The fraction of sp³-hybridized carbons (Fsp3) is 0.375. The number of H-pyrrole nitrogens is 1. The number of nitrogens with zero attached hydrogens (tertiary/aromatic N) is 1. The van der Waals surface area contributed by atoms with Gasteiger partial charge in [0.1, 0.15) is 11.5 Å². The molecule has 5 nitrogen and oxygen atoms in total. The molecule has 5 heteroatoms. The number of carbonyl (C=O) groups is 1. The lowest BCUT2D eigenvalue weighted by molar-refractivity contribution is -0.132. The molecule has 1 N–H and O–H groups in total. The van der Waals surface area contributed by atoms with Crippen molar-refractivity contribution in [1.82, 2.24) is 9.88 Å². The molecule has 1 amide bonds. The maximum atomic E-state index is 13.0. The van der Waals surface area contributed by atoms with Gasteiger partial charge in [-0.05, 0) is 49.4 Å². The smallest absolute Gasteiger partial charge is 0.223 e. The zero-order chi connectivity index (χ0) is 20.2. The predicted molar refractivity (Wildman–Crippen MR) is 114 cm³/mol. The first-order valence-corrected chi connectivity index (χ1v) is 10.3. The molecule has 152 valence electrons. The van der Waals surface area contributed by atoms with E-state index in [0.29, 0.717) is 6.42 Å². The summed E-state index contributed by atoms with van der Waals surface area (Å²) in [4.78, 5) is 18.3. The van der Waals surface area contributed by atoms with Crippen LogP contribution in [0, 0.1) is 0 Å². The zero-order valence-corrected chi connectivity index (χ0v) is 17.1. The minimum atomic E-state index is 0.0800. The Bertz CT molecular complexity index is 995. The summed E-state index contributed by atoms with van der Waals surface area (Å²) in [5.41, 5.74) is 3.50. The second kappa shape index (κ2) is 8.60. The molecule has 2 heterocycles. The van der Waals surface area contributed by atoms with Crippen molar-refractivity contribution >= 4 is 16.8 Å². The number of fused-ring (bicyclic) bond motifs is 1. The number of ether oxygens (including phenoxy) is 2. The number of likely N-dealkylation sites (tertiary alicyclic amines) is 1. The molecule has 1 atom stereocenters. The number of aromatic amines is 1. The Morgan fingerprint density at radius 3 is 2.86 bits per heavy atom.